The van der Waals surface area contributed by atoms with Crippen molar-refractivity contribution in [2.24, 2.45) is 5.10 Å². The zero-order valence-electron chi connectivity index (χ0n) is 17.5. The van der Waals surface area contributed by atoms with Crippen LogP contribution in [0.3, 0.4) is 0 Å². The van der Waals surface area contributed by atoms with E-state index in [4.69, 9.17) is 4.42 Å². The molecule has 1 amide bonds. The number of sulfonamides is 1. The van der Waals surface area contributed by atoms with Crippen LogP contribution in [0.25, 0.3) is 10.8 Å². The number of carbonyl (C=O) groups is 1. The molecule has 0 unspecified atom stereocenters. The summed E-state index contributed by atoms with van der Waals surface area (Å²) >= 11 is 0. The summed E-state index contributed by atoms with van der Waals surface area (Å²) in [6.07, 6.45) is 2.77. The average molecular weight is 464 g/mol. The van der Waals surface area contributed by atoms with Crippen LogP contribution < -0.4 is 5.43 Å². The van der Waals surface area contributed by atoms with Gasteiger partial charge in [0.1, 0.15) is 11.5 Å². The Morgan fingerprint density at radius 3 is 2.52 bits per heavy atom. The Kier molecular flexibility index (Phi) is 6.53. The number of amides is 1. The van der Waals surface area contributed by atoms with Crippen molar-refractivity contribution in [3.63, 3.8) is 0 Å². The van der Waals surface area contributed by atoms with E-state index in [-0.39, 0.29) is 17.2 Å². The molecule has 4 aromatic rings. The van der Waals surface area contributed by atoms with Gasteiger partial charge in [0.15, 0.2) is 0 Å². The van der Waals surface area contributed by atoms with Gasteiger partial charge in [0.25, 0.3) is 5.91 Å². The normalized spacial score (nSPS) is 11.9. The number of hydrazone groups is 1. The van der Waals surface area contributed by atoms with E-state index >= 15 is 0 Å². The molecule has 0 aliphatic carbocycles. The first-order valence-corrected chi connectivity index (χ1v) is 11.5. The SMILES string of the molecule is O=C(CN(Cc1ccco1)S(=O)(=O)c1ccccc1)N/N=C/c1c(O)ccc2ccccc12. The number of phenolic OH excluding ortho intramolecular Hbond substituents is 1. The van der Waals surface area contributed by atoms with Crippen LogP contribution in [0.4, 0.5) is 0 Å². The van der Waals surface area contributed by atoms with E-state index in [2.05, 4.69) is 10.5 Å². The van der Waals surface area contributed by atoms with E-state index in [1.165, 1.54) is 24.6 Å². The Bertz CT molecular complexity index is 1380. The molecule has 8 nitrogen and oxygen atoms in total. The van der Waals surface area contributed by atoms with Gasteiger partial charge >= 0.3 is 0 Å². The summed E-state index contributed by atoms with van der Waals surface area (Å²) in [4.78, 5) is 12.6. The summed E-state index contributed by atoms with van der Waals surface area (Å²) < 4.78 is 32.5. The molecule has 0 saturated carbocycles. The van der Waals surface area contributed by atoms with Gasteiger partial charge in [0, 0.05) is 5.56 Å². The maximum Gasteiger partial charge on any atom is 0.255 e. The van der Waals surface area contributed by atoms with Gasteiger partial charge in [-0.05, 0) is 41.1 Å². The molecule has 0 radical (unpaired) electrons. The van der Waals surface area contributed by atoms with Crippen molar-refractivity contribution in [2.45, 2.75) is 11.4 Å². The highest BCUT2D eigenvalue weighted by Crippen LogP contribution is 2.25. The largest absolute Gasteiger partial charge is 0.507 e. The molecule has 4 rings (SSSR count). The fourth-order valence-electron chi connectivity index (χ4n) is 3.33. The Hall–Kier alpha value is -3.95. The molecule has 9 heteroatoms. The highest BCUT2D eigenvalue weighted by Gasteiger charge is 2.27. The standard InChI is InChI=1S/C24H21N3O5S/c28-23-13-12-18-7-4-5-11-21(18)22(23)15-25-26-24(29)17-27(16-19-8-6-14-32-19)33(30,31)20-9-2-1-3-10-20/h1-15,28H,16-17H2,(H,26,29)/b25-15+. The molecule has 0 aliphatic heterocycles. The van der Waals surface area contributed by atoms with E-state index < -0.39 is 22.5 Å². The lowest BCUT2D eigenvalue weighted by Crippen LogP contribution is -2.39. The Morgan fingerprint density at radius 2 is 1.76 bits per heavy atom. The number of carbonyl (C=O) groups excluding carboxylic acids is 1. The summed E-state index contributed by atoms with van der Waals surface area (Å²) in [6, 6.07) is 21.9. The molecular formula is C24H21N3O5S. The topological polar surface area (TPSA) is 112 Å². The number of nitrogens with zero attached hydrogens (tertiary/aromatic N) is 2. The van der Waals surface area contributed by atoms with Crippen molar-refractivity contribution in [1.29, 1.82) is 0 Å². The molecular weight excluding hydrogens is 442 g/mol. The predicted octanol–water partition coefficient (Wildman–Crippen LogP) is 3.48. The summed E-state index contributed by atoms with van der Waals surface area (Å²) in [5.41, 5.74) is 2.78. The van der Waals surface area contributed by atoms with Gasteiger partial charge in [0.2, 0.25) is 10.0 Å². The lowest BCUT2D eigenvalue weighted by atomic mass is 10.0. The van der Waals surface area contributed by atoms with Gasteiger partial charge < -0.3 is 9.52 Å². The second kappa shape index (κ2) is 9.68. The van der Waals surface area contributed by atoms with Crippen molar-refractivity contribution in [3.8, 4) is 5.75 Å². The number of fused-ring (bicyclic) bond motifs is 1. The Morgan fingerprint density at radius 1 is 1.00 bits per heavy atom. The smallest absolute Gasteiger partial charge is 0.255 e. The molecule has 1 aromatic heterocycles. The second-order valence-corrected chi connectivity index (χ2v) is 9.12. The van der Waals surface area contributed by atoms with Gasteiger partial charge in [-0.15, -0.1) is 0 Å². The van der Waals surface area contributed by atoms with Gasteiger partial charge in [-0.25, -0.2) is 13.8 Å². The quantitative estimate of drug-likeness (QED) is 0.307. The maximum absolute atomic E-state index is 13.1. The van der Waals surface area contributed by atoms with Crippen LogP contribution in [0.15, 0.2) is 99.5 Å². The lowest BCUT2D eigenvalue weighted by Gasteiger charge is -2.20. The van der Waals surface area contributed by atoms with Crippen molar-refractivity contribution in [2.75, 3.05) is 6.54 Å². The Labute approximate surface area is 190 Å². The number of benzene rings is 3. The summed E-state index contributed by atoms with van der Waals surface area (Å²) in [5.74, 6) is -0.235. The van der Waals surface area contributed by atoms with E-state index in [0.717, 1.165) is 15.1 Å². The summed E-state index contributed by atoms with van der Waals surface area (Å²) in [6.45, 7) is -0.595. The third kappa shape index (κ3) is 5.11. The van der Waals surface area contributed by atoms with Crippen LogP contribution in [0.1, 0.15) is 11.3 Å². The molecule has 3 aromatic carbocycles. The number of hydrogen-bond donors (Lipinski definition) is 2. The van der Waals surface area contributed by atoms with Crippen molar-refractivity contribution < 1.29 is 22.7 Å². The number of furan rings is 1. The number of aromatic hydroxyl groups is 1. The van der Waals surface area contributed by atoms with Crippen LogP contribution in [-0.4, -0.2) is 36.5 Å². The molecule has 0 saturated heterocycles. The number of phenols is 1. The molecule has 1 heterocycles. The lowest BCUT2D eigenvalue weighted by molar-refractivity contribution is -0.121. The molecule has 0 fully saturated rings. The van der Waals surface area contributed by atoms with E-state index in [0.29, 0.717) is 11.3 Å². The molecule has 0 spiro atoms. The number of hydrogen-bond acceptors (Lipinski definition) is 6. The highest BCUT2D eigenvalue weighted by molar-refractivity contribution is 7.89. The zero-order valence-corrected chi connectivity index (χ0v) is 18.3. The van der Waals surface area contributed by atoms with E-state index in [1.54, 1.807) is 42.5 Å². The van der Waals surface area contributed by atoms with Crippen molar-refractivity contribution >= 4 is 32.9 Å². The number of rotatable bonds is 8. The third-order valence-corrected chi connectivity index (χ3v) is 6.75. The third-order valence-electron chi connectivity index (χ3n) is 4.94. The summed E-state index contributed by atoms with van der Waals surface area (Å²) in [7, 11) is -3.96. The molecule has 0 atom stereocenters. The zero-order chi connectivity index (χ0) is 23.3. The fourth-order valence-corrected chi connectivity index (χ4v) is 4.71. The Balaban J connectivity index is 1.53. The maximum atomic E-state index is 13.1. The second-order valence-electron chi connectivity index (χ2n) is 7.18. The molecule has 168 valence electrons. The summed E-state index contributed by atoms with van der Waals surface area (Å²) in [5, 5.41) is 15.8. The van der Waals surface area contributed by atoms with Crippen LogP contribution in [0.2, 0.25) is 0 Å². The highest BCUT2D eigenvalue weighted by atomic mass is 32.2. The van der Waals surface area contributed by atoms with Crippen molar-refractivity contribution in [1.82, 2.24) is 9.73 Å². The minimum atomic E-state index is -3.96. The monoisotopic (exact) mass is 463 g/mol. The van der Waals surface area contributed by atoms with Gasteiger partial charge in [0.05, 0.1) is 30.5 Å². The first-order valence-electron chi connectivity index (χ1n) is 10.1. The van der Waals surface area contributed by atoms with Gasteiger partial charge in [-0.1, -0.05) is 48.5 Å². The van der Waals surface area contributed by atoms with Crippen LogP contribution in [0.5, 0.6) is 5.75 Å². The molecule has 33 heavy (non-hydrogen) atoms. The van der Waals surface area contributed by atoms with Gasteiger partial charge in [-0.2, -0.15) is 9.41 Å². The van der Waals surface area contributed by atoms with E-state index in [9.17, 15) is 18.3 Å². The van der Waals surface area contributed by atoms with E-state index in [1.807, 2.05) is 24.3 Å². The predicted molar refractivity (Wildman–Crippen MR) is 124 cm³/mol. The van der Waals surface area contributed by atoms with Crippen molar-refractivity contribution in [3.05, 3.63) is 96.4 Å². The first-order chi connectivity index (χ1) is 15.9. The number of nitrogens with one attached hydrogen (secondary N) is 1. The fraction of sp³-hybridized carbons (Fsp3) is 0.0833. The van der Waals surface area contributed by atoms with Crippen LogP contribution in [0, 0.1) is 0 Å². The minimum Gasteiger partial charge on any atom is -0.507 e. The van der Waals surface area contributed by atoms with Crippen LogP contribution in [-0.2, 0) is 21.4 Å². The van der Waals surface area contributed by atoms with Crippen LogP contribution >= 0.6 is 0 Å². The first kappa shape index (κ1) is 22.3. The molecule has 0 aliphatic rings. The van der Waals surface area contributed by atoms with Gasteiger partial charge in [-0.3, -0.25) is 4.79 Å². The minimum absolute atomic E-state index is 0.0119. The molecule has 2 N–H and O–H groups in total. The average Bonchev–Trinajstić information content (AvgIpc) is 3.34. The molecule has 0 bridgehead atoms.